The van der Waals surface area contributed by atoms with Gasteiger partial charge in [0.1, 0.15) is 23.5 Å². The van der Waals surface area contributed by atoms with E-state index in [4.69, 9.17) is 15.6 Å². The van der Waals surface area contributed by atoms with Gasteiger partial charge in [0, 0.05) is 10.7 Å². The number of carboxylic acids is 1. The molecule has 0 aliphatic heterocycles. The highest BCUT2D eigenvalue weighted by Gasteiger charge is 2.12. The van der Waals surface area contributed by atoms with Crippen molar-refractivity contribution in [1.29, 1.82) is 10.5 Å². The Morgan fingerprint density at radius 3 is 2.50 bits per heavy atom. The van der Waals surface area contributed by atoms with Crippen LogP contribution in [-0.4, -0.2) is 11.1 Å². The Labute approximate surface area is 110 Å². The maximum atomic E-state index is 13.6. The third-order valence-corrected chi connectivity index (χ3v) is 2.52. The lowest BCUT2D eigenvalue weighted by Gasteiger charge is -2.07. The largest absolute Gasteiger partial charge is 0.478 e. The van der Waals surface area contributed by atoms with Gasteiger partial charge in [-0.25, -0.2) is 9.18 Å². The van der Waals surface area contributed by atoms with E-state index in [1.54, 1.807) is 12.1 Å². The standard InChI is InChI=1S/C11H5BrFN3O2/c12-8-1-7(11(17)18)2-9(13)10(8)16-5-6(3-14)4-15/h1-2,5,16H,(H,17,18). The van der Waals surface area contributed by atoms with Crippen LogP contribution in [0.4, 0.5) is 10.1 Å². The van der Waals surface area contributed by atoms with E-state index in [1.807, 2.05) is 0 Å². The van der Waals surface area contributed by atoms with E-state index in [0.717, 1.165) is 12.3 Å². The molecule has 0 aliphatic rings. The highest BCUT2D eigenvalue weighted by atomic mass is 79.9. The third kappa shape index (κ3) is 3.06. The Morgan fingerprint density at radius 2 is 2.06 bits per heavy atom. The molecule has 1 rings (SSSR count). The van der Waals surface area contributed by atoms with E-state index in [0.29, 0.717) is 0 Å². The first-order chi connectivity index (χ1) is 8.49. The van der Waals surface area contributed by atoms with Crippen LogP contribution in [0.25, 0.3) is 0 Å². The van der Waals surface area contributed by atoms with E-state index in [9.17, 15) is 9.18 Å². The van der Waals surface area contributed by atoms with Gasteiger partial charge >= 0.3 is 5.97 Å². The molecule has 2 N–H and O–H groups in total. The monoisotopic (exact) mass is 309 g/mol. The fourth-order valence-electron chi connectivity index (χ4n) is 1.07. The van der Waals surface area contributed by atoms with E-state index in [1.165, 1.54) is 6.07 Å². The minimum Gasteiger partial charge on any atom is -0.478 e. The first-order valence-corrected chi connectivity index (χ1v) is 5.28. The van der Waals surface area contributed by atoms with Crippen LogP contribution in [0.2, 0.25) is 0 Å². The number of nitrogens with zero attached hydrogens (tertiary/aromatic N) is 2. The number of aromatic carboxylic acids is 1. The van der Waals surface area contributed by atoms with Crippen molar-refractivity contribution in [3.63, 3.8) is 0 Å². The van der Waals surface area contributed by atoms with Crippen molar-refractivity contribution in [2.24, 2.45) is 0 Å². The molecule has 0 fully saturated rings. The van der Waals surface area contributed by atoms with Crippen molar-refractivity contribution in [1.82, 2.24) is 0 Å². The van der Waals surface area contributed by atoms with E-state index >= 15 is 0 Å². The summed E-state index contributed by atoms with van der Waals surface area (Å²) in [5.41, 5.74) is -0.499. The number of hydrogen-bond acceptors (Lipinski definition) is 4. The SMILES string of the molecule is N#CC(C#N)=CNc1c(F)cc(C(=O)O)cc1Br. The summed E-state index contributed by atoms with van der Waals surface area (Å²) in [5, 5.41) is 28.1. The molecule has 18 heavy (non-hydrogen) atoms. The second kappa shape index (κ2) is 5.80. The summed E-state index contributed by atoms with van der Waals surface area (Å²) in [6.07, 6.45) is 1.03. The number of benzene rings is 1. The number of nitriles is 2. The quantitative estimate of drug-likeness (QED) is 0.836. The van der Waals surface area contributed by atoms with Crippen LogP contribution in [0.5, 0.6) is 0 Å². The second-order valence-electron chi connectivity index (χ2n) is 3.05. The number of allylic oxidation sites excluding steroid dienone is 1. The topological polar surface area (TPSA) is 96.9 Å². The molecule has 0 unspecified atom stereocenters. The normalized spacial score (nSPS) is 8.89. The van der Waals surface area contributed by atoms with Crippen LogP contribution in [0.3, 0.4) is 0 Å². The maximum absolute atomic E-state index is 13.6. The first kappa shape index (κ1) is 13.7. The van der Waals surface area contributed by atoms with Crippen molar-refractivity contribution in [2.45, 2.75) is 0 Å². The summed E-state index contributed by atoms with van der Waals surface area (Å²) in [4.78, 5) is 10.7. The summed E-state index contributed by atoms with van der Waals surface area (Å²) >= 11 is 3.00. The second-order valence-corrected chi connectivity index (χ2v) is 3.90. The van der Waals surface area contributed by atoms with E-state index < -0.39 is 11.8 Å². The van der Waals surface area contributed by atoms with E-state index in [2.05, 4.69) is 21.2 Å². The molecule has 0 aliphatic carbocycles. The van der Waals surface area contributed by atoms with Crippen molar-refractivity contribution in [3.8, 4) is 12.1 Å². The number of nitrogens with one attached hydrogen (secondary N) is 1. The highest BCUT2D eigenvalue weighted by molar-refractivity contribution is 9.10. The number of anilines is 1. The van der Waals surface area contributed by atoms with Gasteiger partial charge in [-0.3, -0.25) is 0 Å². The molecule has 1 aromatic carbocycles. The minimum atomic E-state index is -1.26. The summed E-state index contributed by atoms with van der Waals surface area (Å²) in [7, 11) is 0. The zero-order valence-electron chi connectivity index (χ0n) is 8.74. The molecule has 0 heterocycles. The van der Waals surface area contributed by atoms with Gasteiger partial charge in [-0.2, -0.15) is 10.5 Å². The smallest absolute Gasteiger partial charge is 0.335 e. The fourth-order valence-corrected chi connectivity index (χ4v) is 1.62. The Kier molecular flexibility index (Phi) is 4.41. The molecular formula is C11H5BrFN3O2. The number of hydrogen-bond donors (Lipinski definition) is 2. The number of carboxylic acid groups (broad SMARTS) is 1. The molecule has 90 valence electrons. The molecule has 0 saturated heterocycles. The molecule has 0 bridgehead atoms. The molecule has 0 atom stereocenters. The van der Waals surface area contributed by atoms with Gasteiger partial charge in [-0.05, 0) is 28.1 Å². The average Bonchev–Trinajstić information content (AvgIpc) is 2.32. The Balaban J connectivity index is 3.14. The number of carbonyl (C=O) groups is 1. The molecule has 0 spiro atoms. The van der Waals surface area contributed by atoms with E-state index in [-0.39, 0.29) is 21.3 Å². The van der Waals surface area contributed by atoms with Gasteiger partial charge in [-0.15, -0.1) is 0 Å². The predicted octanol–water partition coefficient (Wildman–Crippen LogP) is 2.63. The van der Waals surface area contributed by atoms with Crippen molar-refractivity contribution in [2.75, 3.05) is 5.32 Å². The number of halogens is 2. The lowest BCUT2D eigenvalue weighted by atomic mass is 10.2. The minimum absolute atomic E-state index is 0.0528. The van der Waals surface area contributed by atoms with Crippen LogP contribution in [0.1, 0.15) is 10.4 Å². The maximum Gasteiger partial charge on any atom is 0.335 e. The fraction of sp³-hybridized carbons (Fsp3) is 0. The molecule has 0 saturated carbocycles. The molecular weight excluding hydrogens is 305 g/mol. The molecule has 5 nitrogen and oxygen atoms in total. The molecule has 7 heteroatoms. The number of rotatable bonds is 3. The van der Waals surface area contributed by atoms with Gasteiger partial charge < -0.3 is 10.4 Å². The van der Waals surface area contributed by atoms with Crippen LogP contribution in [-0.2, 0) is 0 Å². The van der Waals surface area contributed by atoms with Crippen LogP contribution < -0.4 is 5.32 Å². The summed E-state index contributed by atoms with van der Waals surface area (Å²) in [5.74, 6) is -2.07. The first-order valence-electron chi connectivity index (χ1n) is 4.48. The van der Waals surface area contributed by atoms with Gasteiger partial charge in [0.15, 0.2) is 0 Å². The van der Waals surface area contributed by atoms with Crippen molar-refractivity contribution >= 4 is 27.6 Å². The average molecular weight is 310 g/mol. The van der Waals surface area contributed by atoms with Gasteiger partial charge in [0.05, 0.1) is 11.3 Å². The highest BCUT2D eigenvalue weighted by Crippen LogP contribution is 2.27. The zero-order chi connectivity index (χ0) is 13.7. The van der Waals surface area contributed by atoms with Crippen LogP contribution >= 0.6 is 15.9 Å². The van der Waals surface area contributed by atoms with Gasteiger partial charge in [0.25, 0.3) is 0 Å². The summed E-state index contributed by atoms with van der Waals surface area (Å²) in [6, 6.07) is 5.24. The van der Waals surface area contributed by atoms with Gasteiger partial charge in [0.2, 0.25) is 0 Å². The predicted molar refractivity (Wildman–Crippen MR) is 64.0 cm³/mol. The summed E-state index contributed by atoms with van der Waals surface area (Å²) in [6.45, 7) is 0. The zero-order valence-corrected chi connectivity index (χ0v) is 10.3. The van der Waals surface area contributed by atoms with Gasteiger partial charge in [-0.1, -0.05) is 0 Å². The van der Waals surface area contributed by atoms with Crippen molar-refractivity contribution in [3.05, 3.63) is 39.8 Å². The Hall–Kier alpha value is -2.38. The van der Waals surface area contributed by atoms with Crippen LogP contribution in [0, 0.1) is 28.5 Å². The molecule has 0 aromatic heterocycles. The van der Waals surface area contributed by atoms with Crippen LogP contribution in [0.15, 0.2) is 28.4 Å². The van der Waals surface area contributed by atoms with Crippen molar-refractivity contribution < 1.29 is 14.3 Å². The molecule has 1 aromatic rings. The molecule has 0 radical (unpaired) electrons. The Morgan fingerprint density at radius 1 is 1.44 bits per heavy atom. The lowest BCUT2D eigenvalue weighted by Crippen LogP contribution is -2.01. The lowest BCUT2D eigenvalue weighted by molar-refractivity contribution is 0.0696. The third-order valence-electron chi connectivity index (χ3n) is 1.89. The summed E-state index contributed by atoms with van der Waals surface area (Å²) < 4.78 is 13.8. The molecule has 0 amide bonds. The Bertz CT molecular complexity index is 575.